The van der Waals surface area contributed by atoms with Crippen molar-refractivity contribution in [2.75, 3.05) is 6.54 Å². The zero-order valence-corrected chi connectivity index (χ0v) is 10.1. The van der Waals surface area contributed by atoms with Gasteiger partial charge < -0.3 is 10.6 Å². The van der Waals surface area contributed by atoms with E-state index in [0.717, 1.165) is 18.5 Å². The zero-order valence-electron chi connectivity index (χ0n) is 9.29. The number of nitrogens with zero attached hydrogens (tertiary/aromatic N) is 1. The number of hydrogen-bond acceptors (Lipinski definition) is 2. The molecule has 1 aromatic carbocycles. The summed E-state index contributed by atoms with van der Waals surface area (Å²) >= 11 is 5.09. The SMILES string of the molecule is CCCNC(=S)NCc1ccc(C#N)cc1. The monoisotopic (exact) mass is 233 g/mol. The van der Waals surface area contributed by atoms with Crippen LogP contribution in [-0.4, -0.2) is 11.7 Å². The molecule has 84 valence electrons. The molecular weight excluding hydrogens is 218 g/mol. The van der Waals surface area contributed by atoms with E-state index in [9.17, 15) is 0 Å². The van der Waals surface area contributed by atoms with E-state index in [0.29, 0.717) is 17.2 Å². The van der Waals surface area contributed by atoms with Crippen molar-refractivity contribution in [3.05, 3.63) is 35.4 Å². The maximum absolute atomic E-state index is 8.65. The van der Waals surface area contributed by atoms with Crippen LogP contribution in [-0.2, 0) is 6.54 Å². The third-order valence-electron chi connectivity index (χ3n) is 2.07. The largest absolute Gasteiger partial charge is 0.363 e. The summed E-state index contributed by atoms with van der Waals surface area (Å²) in [5.74, 6) is 0. The summed E-state index contributed by atoms with van der Waals surface area (Å²) in [6.07, 6.45) is 1.05. The highest BCUT2D eigenvalue weighted by atomic mass is 32.1. The van der Waals surface area contributed by atoms with E-state index in [1.807, 2.05) is 12.1 Å². The Labute approximate surface area is 101 Å². The predicted octanol–water partition coefficient (Wildman–Crippen LogP) is 1.93. The fourth-order valence-corrected chi connectivity index (χ4v) is 1.35. The van der Waals surface area contributed by atoms with Crippen LogP contribution in [0.1, 0.15) is 24.5 Å². The first-order valence-electron chi connectivity index (χ1n) is 5.27. The number of thiocarbonyl (C=S) groups is 1. The smallest absolute Gasteiger partial charge is 0.166 e. The molecule has 0 aliphatic rings. The van der Waals surface area contributed by atoms with E-state index in [4.69, 9.17) is 17.5 Å². The second kappa shape index (κ2) is 6.81. The summed E-state index contributed by atoms with van der Waals surface area (Å²) in [4.78, 5) is 0. The lowest BCUT2D eigenvalue weighted by Crippen LogP contribution is -2.35. The lowest BCUT2D eigenvalue weighted by Gasteiger charge is -2.09. The van der Waals surface area contributed by atoms with Crippen LogP contribution in [0, 0.1) is 11.3 Å². The van der Waals surface area contributed by atoms with Gasteiger partial charge in [0, 0.05) is 13.1 Å². The standard InChI is InChI=1S/C12H15N3S/c1-2-7-14-12(16)15-9-11-5-3-10(8-13)4-6-11/h3-6H,2,7,9H2,1H3,(H2,14,15,16). The van der Waals surface area contributed by atoms with Crippen molar-refractivity contribution < 1.29 is 0 Å². The van der Waals surface area contributed by atoms with Gasteiger partial charge in [-0.25, -0.2) is 0 Å². The summed E-state index contributed by atoms with van der Waals surface area (Å²) in [5.41, 5.74) is 1.79. The lowest BCUT2D eigenvalue weighted by molar-refractivity contribution is 0.799. The van der Waals surface area contributed by atoms with Crippen molar-refractivity contribution in [3.8, 4) is 6.07 Å². The van der Waals surface area contributed by atoms with Crippen molar-refractivity contribution in [1.82, 2.24) is 10.6 Å². The minimum Gasteiger partial charge on any atom is -0.363 e. The highest BCUT2D eigenvalue weighted by Crippen LogP contribution is 2.02. The van der Waals surface area contributed by atoms with Gasteiger partial charge in [0.05, 0.1) is 11.6 Å². The molecule has 0 aliphatic heterocycles. The molecule has 0 bridgehead atoms. The molecule has 2 N–H and O–H groups in total. The minimum absolute atomic E-state index is 0.672. The molecule has 0 heterocycles. The molecule has 3 nitrogen and oxygen atoms in total. The highest BCUT2D eigenvalue weighted by Gasteiger charge is 1.96. The Morgan fingerprint density at radius 3 is 2.56 bits per heavy atom. The molecule has 0 radical (unpaired) electrons. The predicted molar refractivity (Wildman–Crippen MR) is 68.9 cm³/mol. The molecule has 0 atom stereocenters. The van der Waals surface area contributed by atoms with Crippen LogP contribution >= 0.6 is 12.2 Å². The number of rotatable bonds is 4. The van der Waals surface area contributed by atoms with Gasteiger partial charge in [-0.15, -0.1) is 0 Å². The van der Waals surface area contributed by atoms with Crippen LogP contribution in [0.25, 0.3) is 0 Å². The molecule has 0 amide bonds. The van der Waals surface area contributed by atoms with Gasteiger partial charge in [-0.2, -0.15) is 5.26 Å². The zero-order chi connectivity index (χ0) is 11.8. The molecule has 1 aromatic rings. The van der Waals surface area contributed by atoms with Gasteiger partial charge in [0.2, 0.25) is 0 Å². The van der Waals surface area contributed by atoms with Crippen LogP contribution in [0.3, 0.4) is 0 Å². The van der Waals surface area contributed by atoms with Crippen molar-refractivity contribution >= 4 is 17.3 Å². The van der Waals surface area contributed by atoms with E-state index in [1.54, 1.807) is 12.1 Å². The van der Waals surface area contributed by atoms with Gasteiger partial charge in [0.25, 0.3) is 0 Å². The number of nitriles is 1. The van der Waals surface area contributed by atoms with Gasteiger partial charge in [0.1, 0.15) is 0 Å². The first-order valence-corrected chi connectivity index (χ1v) is 5.68. The van der Waals surface area contributed by atoms with Crippen LogP contribution in [0.5, 0.6) is 0 Å². The van der Waals surface area contributed by atoms with E-state index in [-0.39, 0.29) is 0 Å². The Balaban J connectivity index is 2.37. The quantitative estimate of drug-likeness (QED) is 0.780. The van der Waals surface area contributed by atoms with E-state index in [1.165, 1.54) is 0 Å². The Morgan fingerprint density at radius 1 is 1.31 bits per heavy atom. The van der Waals surface area contributed by atoms with Crippen LogP contribution in [0.4, 0.5) is 0 Å². The molecular formula is C12H15N3S. The first-order chi connectivity index (χ1) is 7.76. The summed E-state index contributed by atoms with van der Waals surface area (Å²) < 4.78 is 0. The normalized spacial score (nSPS) is 9.25. The Morgan fingerprint density at radius 2 is 2.00 bits per heavy atom. The van der Waals surface area contributed by atoms with Gasteiger partial charge in [0.15, 0.2) is 5.11 Å². The van der Waals surface area contributed by atoms with Gasteiger partial charge in [-0.1, -0.05) is 19.1 Å². The highest BCUT2D eigenvalue weighted by molar-refractivity contribution is 7.80. The average molecular weight is 233 g/mol. The molecule has 0 unspecified atom stereocenters. The van der Waals surface area contributed by atoms with Crippen molar-refractivity contribution in [2.24, 2.45) is 0 Å². The van der Waals surface area contributed by atoms with Crippen molar-refractivity contribution in [3.63, 3.8) is 0 Å². The molecule has 16 heavy (non-hydrogen) atoms. The van der Waals surface area contributed by atoms with Gasteiger partial charge in [-0.05, 0) is 36.3 Å². The second-order valence-electron chi connectivity index (χ2n) is 3.42. The Hall–Kier alpha value is -1.60. The molecule has 0 spiro atoms. The van der Waals surface area contributed by atoms with Crippen molar-refractivity contribution in [2.45, 2.75) is 19.9 Å². The third kappa shape index (κ3) is 4.28. The molecule has 4 heteroatoms. The number of benzene rings is 1. The average Bonchev–Trinajstić information content (AvgIpc) is 2.34. The topological polar surface area (TPSA) is 47.8 Å². The summed E-state index contributed by atoms with van der Waals surface area (Å²) in [6.45, 7) is 3.66. The van der Waals surface area contributed by atoms with Crippen LogP contribution in [0.2, 0.25) is 0 Å². The third-order valence-corrected chi connectivity index (χ3v) is 2.36. The van der Waals surface area contributed by atoms with Gasteiger partial charge >= 0.3 is 0 Å². The van der Waals surface area contributed by atoms with E-state index >= 15 is 0 Å². The summed E-state index contributed by atoms with van der Waals surface area (Å²) in [5, 5.41) is 15.5. The maximum atomic E-state index is 8.65. The van der Waals surface area contributed by atoms with E-state index in [2.05, 4.69) is 23.6 Å². The van der Waals surface area contributed by atoms with E-state index < -0.39 is 0 Å². The molecule has 1 rings (SSSR count). The number of hydrogen-bond donors (Lipinski definition) is 2. The van der Waals surface area contributed by atoms with Gasteiger partial charge in [-0.3, -0.25) is 0 Å². The molecule has 0 saturated carbocycles. The fraction of sp³-hybridized carbons (Fsp3) is 0.333. The summed E-state index contributed by atoms with van der Waals surface area (Å²) in [7, 11) is 0. The minimum atomic E-state index is 0.672. The molecule has 0 saturated heterocycles. The Bertz CT molecular complexity index is 378. The second-order valence-corrected chi connectivity index (χ2v) is 3.83. The maximum Gasteiger partial charge on any atom is 0.166 e. The molecule has 0 aromatic heterocycles. The molecule has 0 fully saturated rings. The van der Waals surface area contributed by atoms with Crippen molar-refractivity contribution in [1.29, 1.82) is 5.26 Å². The fourth-order valence-electron chi connectivity index (χ4n) is 1.18. The lowest BCUT2D eigenvalue weighted by atomic mass is 10.1. The number of nitrogens with one attached hydrogen (secondary N) is 2. The molecule has 0 aliphatic carbocycles. The summed E-state index contributed by atoms with van der Waals surface area (Å²) in [6, 6.07) is 9.55. The van der Waals surface area contributed by atoms with Crippen LogP contribution in [0.15, 0.2) is 24.3 Å². The Kier molecular flexibility index (Phi) is 5.30. The van der Waals surface area contributed by atoms with Crippen LogP contribution < -0.4 is 10.6 Å². The first kappa shape index (κ1) is 12.5.